The molecule has 1 aliphatic heterocycles. The van der Waals surface area contributed by atoms with Crippen molar-refractivity contribution >= 4 is 23.0 Å². The first kappa shape index (κ1) is 13.1. The second kappa shape index (κ2) is 5.59. The van der Waals surface area contributed by atoms with E-state index in [2.05, 4.69) is 34.1 Å². The third-order valence-electron chi connectivity index (χ3n) is 3.72. The SMILES string of the molecule is CN(C(=S)N1CCc2ccccc2C1)c1cccnc1. The Morgan fingerprint density at radius 2 is 2.00 bits per heavy atom. The molecule has 1 aliphatic rings. The molecule has 0 saturated heterocycles. The summed E-state index contributed by atoms with van der Waals surface area (Å²) in [6.45, 7) is 1.86. The van der Waals surface area contributed by atoms with E-state index in [9.17, 15) is 0 Å². The van der Waals surface area contributed by atoms with E-state index in [-0.39, 0.29) is 0 Å². The largest absolute Gasteiger partial charge is 0.344 e. The van der Waals surface area contributed by atoms with Gasteiger partial charge in [0.25, 0.3) is 0 Å². The molecule has 0 fully saturated rings. The lowest BCUT2D eigenvalue weighted by Crippen LogP contribution is -2.43. The highest BCUT2D eigenvalue weighted by molar-refractivity contribution is 7.80. The average molecular weight is 283 g/mol. The molecule has 20 heavy (non-hydrogen) atoms. The number of hydrogen-bond acceptors (Lipinski definition) is 2. The van der Waals surface area contributed by atoms with E-state index in [1.54, 1.807) is 6.20 Å². The van der Waals surface area contributed by atoms with Crippen LogP contribution in [0.4, 0.5) is 5.69 Å². The van der Waals surface area contributed by atoms with Crippen molar-refractivity contribution in [1.29, 1.82) is 0 Å². The van der Waals surface area contributed by atoms with Crippen molar-refractivity contribution in [1.82, 2.24) is 9.88 Å². The second-order valence-electron chi connectivity index (χ2n) is 4.99. The number of anilines is 1. The summed E-state index contributed by atoms with van der Waals surface area (Å²) in [6.07, 6.45) is 4.67. The molecule has 3 nitrogen and oxygen atoms in total. The van der Waals surface area contributed by atoms with Gasteiger partial charge in [0.05, 0.1) is 11.9 Å². The van der Waals surface area contributed by atoms with Crippen LogP contribution in [0.1, 0.15) is 11.1 Å². The number of nitrogens with zero attached hydrogens (tertiary/aromatic N) is 3. The smallest absolute Gasteiger partial charge is 0.176 e. The lowest BCUT2D eigenvalue weighted by molar-refractivity contribution is 0.395. The highest BCUT2D eigenvalue weighted by atomic mass is 32.1. The van der Waals surface area contributed by atoms with Gasteiger partial charge in [-0.2, -0.15) is 0 Å². The number of benzene rings is 1. The maximum atomic E-state index is 5.63. The van der Waals surface area contributed by atoms with Crippen molar-refractivity contribution in [2.75, 3.05) is 18.5 Å². The molecular formula is C16H17N3S. The molecule has 3 rings (SSSR count). The van der Waals surface area contributed by atoms with Gasteiger partial charge in [0.2, 0.25) is 0 Å². The summed E-state index contributed by atoms with van der Waals surface area (Å²) in [5.41, 5.74) is 3.84. The van der Waals surface area contributed by atoms with Gasteiger partial charge in [0.1, 0.15) is 0 Å². The molecule has 0 amide bonds. The number of rotatable bonds is 1. The number of pyridine rings is 1. The standard InChI is InChI=1S/C16H17N3S/c1-18(15-7-4-9-17-11-15)16(20)19-10-8-13-5-2-3-6-14(13)12-19/h2-7,9,11H,8,10,12H2,1H3. The van der Waals surface area contributed by atoms with Gasteiger partial charge < -0.3 is 9.80 Å². The second-order valence-corrected chi connectivity index (χ2v) is 5.36. The number of thiocarbonyl (C=S) groups is 1. The summed E-state index contributed by atoms with van der Waals surface area (Å²) in [7, 11) is 2.00. The Hall–Kier alpha value is -1.94. The van der Waals surface area contributed by atoms with Gasteiger partial charge in [-0.1, -0.05) is 24.3 Å². The molecule has 0 bridgehead atoms. The Balaban J connectivity index is 1.76. The van der Waals surface area contributed by atoms with Crippen molar-refractivity contribution in [2.45, 2.75) is 13.0 Å². The topological polar surface area (TPSA) is 19.4 Å². The zero-order valence-corrected chi connectivity index (χ0v) is 12.3. The van der Waals surface area contributed by atoms with Crippen molar-refractivity contribution in [2.24, 2.45) is 0 Å². The number of aromatic nitrogens is 1. The molecule has 4 heteroatoms. The lowest BCUT2D eigenvalue weighted by atomic mass is 10.0. The Bertz CT molecular complexity index is 612. The van der Waals surface area contributed by atoms with Gasteiger partial charge >= 0.3 is 0 Å². The maximum absolute atomic E-state index is 5.63. The van der Waals surface area contributed by atoms with Crippen LogP contribution < -0.4 is 4.90 Å². The number of fused-ring (bicyclic) bond motifs is 1. The van der Waals surface area contributed by atoms with E-state index in [1.165, 1.54) is 11.1 Å². The van der Waals surface area contributed by atoms with Gasteiger partial charge in [-0.05, 0) is 41.9 Å². The zero-order chi connectivity index (χ0) is 13.9. The monoisotopic (exact) mass is 283 g/mol. The van der Waals surface area contributed by atoms with E-state index in [1.807, 2.05) is 30.3 Å². The highest BCUT2D eigenvalue weighted by Gasteiger charge is 2.20. The Kier molecular flexibility index (Phi) is 3.65. The van der Waals surface area contributed by atoms with Crippen LogP contribution in [-0.2, 0) is 13.0 Å². The summed E-state index contributed by atoms with van der Waals surface area (Å²) in [6, 6.07) is 12.6. The molecule has 102 valence electrons. The predicted molar refractivity (Wildman–Crippen MR) is 85.8 cm³/mol. The van der Waals surface area contributed by atoms with Gasteiger partial charge in [0.15, 0.2) is 5.11 Å². The van der Waals surface area contributed by atoms with E-state index in [4.69, 9.17) is 12.2 Å². The molecule has 0 unspecified atom stereocenters. The fourth-order valence-corrected chi connectivity index (χ4v) is 2.79. The van der Waals surface area contributed by atoms with Gasteiger partial charge in [-0.15, -0.1) is 0 Å². The summed E-state index contributed by atoms with van der Waals surface area (Å²) in [4.78, 5) is 8.43. The highest BCUT2D eigenvalue weighted by Crippen LogP contribution is 2.21. The minimum Gasteiger partial charge on any atom is -0.344 e. The molecule has 0 saturated carbocycles. The molecule has 2 heterocycles. The average Bonchev–Trinajstić information content (AvgIpc) is 2.54. The fourth-order valence-electron chi connectivity index (χ4n) is 2.53. The summed E-state index contributed by atoms with van der Waals surface area (Å²) < 4.78 is 0. The Morgan fingerprint density at radius 1 is 1.20 bits per heavy atom. The third-order valence-corrected chi connectivity index (χ3v) is 4.25. The van der Waals surface area contributed by atoms with Crippen LogP contribution in [0.5, 0.6) is 0 Å². The van der Waals surface area contributed by atoms with Crippen molar-refractivity contribution in [3.63, 3.8) is 0 Å². The van der Waals surface area contributed by atoms with Gasteiger partial charge in [-0.25, -0.2) is 0 Å². The minimum absolute atomic E-state index is 0.854. The number of hydrogen-bond donors (Lipinski definition) is 0. The van der Waals surface area contributed by atoms with Crippen LogP contribution >= 0.6 is 12.2 Å². The van der Waals surface area contributed by atoms with E-state index in [0.717, 1.165) is 30.3 Å². The van der Waals surface area contributed by atoms with Crippen molar-refractivity contribution < 1.29 is 0 Å². The van der Waals surface area contributed by atoms with Crippen LogP contribution in [0, 0.1) is 0 Å². The van der Waals surface area contributed by atoms with Gasteiger partial charge in [-0.3, -0.25) is 4.98 Å². The molecule has 0 atom stereocenters. The Labute approximate surface area is 124 Å². The Morgan fingerprint density at radius 3 is 2.75 bits per heavy atom. The van der Waals surface area contributed by atoms with Crippen LogP contribution in [0.3, 0.4) is 0 Å². The van der Waals surface area contributed by atoms with Crippen molar-refractivity contribution in [3.05, 3.63) is 59.9 Å². The predicted octanol–water partition coefficient (Wildman–Crippen LogP) is 2.86. The lowest BCUT2D eigenvalue weighted by Gasteiger charge is -2.34. The molecular weight excluding hydrogens is 266 g/mol. The molecule has 1 aromatic carbocycles. The van der Waals surface area contributed by atoms with Crippen LogP contribution in [0.25, 0.3) is 0 Å². The molecule has 0 spiro atoms. The summed E-state index contributed by atoms with van der Waals surface area (Å²) in [5, 5.41) is 0.854. The van der Waals surface area contributed by atoms with Crippen LogP contribution in [0.15, 0.2) is 48.8 Å². The molecule has 0 aliphatic carbocycles. The van der Waals surface area contributed by atoms with E-state index >= 15 is 0 Å². The first-order valence-electron chi connectivity index (χ1n) is 6.75. The van der Waals surface area contributed by atoms with E-state index < -0.39 is 0 Å². The molecule has 0 radical (unpaired) electrons. The summed E-state index contributed by atoms with van der Waals surface area (Å²) in [5.74, 6) is 0. The van der Waals surface area contributed by atoms with Gasteiger partial charge in [0, 0.05) is 26.3 Å². The molecule has 0 N–H and O–H groups in total. The zero-order valence-electron chi connectivity index (χ0n) is 11.5. The summed E-state index contributed by atoms with van der Waals surface area (Å²) >= 11 is 5.63. The normalized spacial score (nSPS) is 13.8. The van der Waals surface area contributed by atoms with Crippen LogP contribution in [0.2, 0.25) is 0 Å². The minimum atomic E-state index is 0.854. The fraction of sp³-hybridized carbons (Fsp3) is 0.250. The van der Waals surface area contributed by atoms with Crippen LogP contribution in [-0.4, -0.2) is 28.6 Å². The third kappa shape index (κ3) is 2.51. The van der Waals surface area contributed by atoms with Crippen molar-refractivity contribution in [3.8, 4) is 0 Å². The first-order chi connectivity index (χ1) is 9.75. The van der Waals surface area contributed by atoms with E-state index in [0.29, 0.717) is 0 Å². The quantitative estimate of drug-likeness (QED) is 0.749. The molecule has 1 aromatic heterocycles. The first-order valence-corrected chi connectivity index (χ1v) is 7.16. The molecule has 2 aromatic rings. The maximum Gasteiger partial charge on any atom is 0.176 e.